The molecule has 46 heavy (non-hydrogen) atoms. The van der Waals surface area contributed by atoms with Crippen LogP contribution in [-0.4, -0.2) is 117 Å². The van der Waals surface area contributed by atoms with Crippen molar-refractivity contribution in [2.24, 2.45) is 0 Å². The Morgan fingerprint density at radius 1 is 0.978 bits per heavy atom. The molecule has 5 rings (SSSR count). The Bertz CT molecular complexity index is 1510. The van der Waals surface area contributed by atoms with E-state index in [4.69, 9.17) is 10.5 Å². The summed E-state index contributed by atoms with van der Waals surface area (Å²) in [5, 5.41) is 10.5. The van der Waals surface area contributed by atoms with E-state index in [0.29, 0.717) is 57.6 Å². The lowest BCUT2D eigenvalue weighted by Crippen LogP contribution is -2.58. The standard InChI is InChI=1S/C30H42N12O4/c1-5-46-27(44)10-11-32-30(45)39-14-12-38(13-15-39)24-8-6-23(7-9-24)35-29-36-28(31)42(37-29)26-16-25(33-19-34-26)40-17-20(2)41(22(4)43)21(3)18-40/h6-9,16,19-21H,5,10-15,17-18H2,1-4H3,(H,32,45)(H3,31,35,36,37)/t20-,21+. The summed E-state index contributed by atoms with van der Waals surface area (Å²) in [6, 6.07) is 9.61. The van der Waals surface area contributed by atoms with Crippen molar-refractivity contribution in [2.45, 2.75) is 46.2 Å². The first kappa shape index (κ1) is 32.2. The molecule has 0 saturated carbocycles. The SMILES string of the molecule is CCOC(=O)CCNC(=O)N1CCN(c2ccc(Nc3nc(N)n(-c4cc(N5C[C@@H](C)N(C(C)=O)[C@@H](C)C5)ncn4)n3)cc2)CC1. The second-order valence-corrected chi connectivity index (χ2v) is 11.4. The van der Waals surface area contributed by atoms with E-state index in [1.165, 1.54) is 11.0 Å². The highest BCUT2D eigenvalue weighted by Crippen LogP contribution is 2.25. The zero-order valence-electron chi connectivity index (χ0n) is 26.7. The molecule has 4 N–H and O–H groups in total. The van der Waals surface area contributed by atoms with Gasteiger partial charge < -0.3 is 40.7 Å². The maximum Gasteiger partial charge on any atom is 0.317 e. The van der Waals surface area contributed by atoms with Crippen LogP contribution in [0.5, 0.6) is 0 Å². The fourth-order valence-electron chi connectivity index (χ4n) is 5.97. The van der Waals surface area contributed by atoms with Gasteiger partial charge in [0.05, 0.1) is 13.0 Å². The van der Waals surface area contributed by atoms with E-state index in [9.17, 15) is 14.4 Å². The number of hydrogen-bond donors (Lipinski definition) is 3. The molecule has 16 nitrogen and oxygen atoms in total. The number of aromatic nitrogens is 5. The van der Waals surface area contributed by atoms with E-state index in [2.05, 4.69) is 40.5 Å². The van der Waals surface area contributed by atoms with Gasteiger partial charge in [0.2, 0.25) is 17.8 Å². The maximum absolute atomic E-state index is 12.5. The lowest BCUT2D eigenvalue weighted by Gasteiger charge is -2.44. The van der Waals surface area contributed by atoms with Gasteiger partial charge in [0.1, 0.15) is 12.1 Å². The Kier molecular flexibility index (Phi) is 10.0. The van der Waals surface area contributed by atoms with Crippen LogP contribution in [0.1, 0.15) is 34.1 Å². The number of nitrogens with two attached hydrogens (primary N) is 1. The summed E-state index contributed by atoms with van der Waals surface area (Å²) < 4.78 is 6.36. The van der Waals surface area contributed by atoms with Crippen molar-refractivity contribution < 1.29 is 19.1 Å². The molecule has 2 aromatic heterocycles. The Labute approximate surface area is 267 Å². The highest BCUT2D eigenvalue weighted by Gasteiger charge is 2.32. The predicted molar refractivity (Wildman–Crippen MR) is 173 cm³/mol. The number of benzene rings is 1. The van der Waals surface area contributed by atoms with Gasteiger partial charge in [0, 0.05) is 82.3 Å². The number of esters is 1. The summed E-state index contributed by atoms with van der Waals surface area (Å²) in [5.41, 5.74) is 8.05. The first-order valence-electron chi connectivity index (χ1n) is 15.5. The van der Waals surface area contributed by atoms with E-state index in [1.807, 2.05) is 49.1 Å². The fraction of sp³-hybridized carbons (Fsp3) is 0.500. The lowest BCUT2D eigenvalue weighted by molar-refractivity contribution is -0.143. The monoisotopic (exact) mass is 634 g/mol. The molecule has 0 aliphatic carbocycles. The average molecular weight is 635 g/mol. The number of carbonyl (C=O) groups excluding carboxylic acids is 3. The second kappa shape index (κ2) is 14.3. The second-order valence-electron chi connectivity index (χ2n) is 11.4. The largest absolute Gasteiger partial charge is 0.466 e. The average Bonchev–Trinajstić information content (AvgIpc) is 3.40. The number of anilines is 5. The molecular weight excluding hydrogens is 592 g/mol. The molecule has 3 amide bonds. The van der Waals surface area contributed by atoms with Crippen LogP contribution in [0.4, 0.5) is 33.9 Å². The van der Waals surface area contributed by atoms with Gasteiger partial charge in [-0.25, -0.2) is 14.8 Å². The third-order valence-corrected chi connectivity index (χ3v) is 8.06. The van der Waals surface area contributed by atoms with Crippen LogP contribution in [0.25, 0.3) is 5.82 Å². The van der Waals surface area contributed by atoms with Gasteiger partial charge >= 0.3 is 12.0 Å². The minimum absolute atomic E-state index is 0.0459. The van der Waals surface area contributed by atoms with Crippen LogP contribution in [0.3, 0.4) is 0 Å². The molecule has 2 aliphatic heterocycles. The Morgan fingerprint density at radius 2 is 1.65 bits per heavy atom. The van der Waals surface area contributed by atoms with Crippen LogP contribution in [0.15, 0.2) is 36.7 Å². The quantitative estimate of drug-likeness (QED) is 0.290. The highest BCUT2D eigenvalue weighted by molar-refractivity contribution is 5.76. The number of nitrogens with zero attached hydrogens (tertiary/aromatic N) is 9. The first-order chi connectivity index (χ1) is 22.1. The minimum atomic E-state index is -0.319. The first-order valence-corrected chi connectivity index (χ1v) is 15.5. The zero-order chi connectivity index (χ0) is 32.8. The molecule has 246 valence electrons. The molecule has 0 radical (unpaired) electrons. The highest BCUT2D eigenvalue weighted by atomic mass is 16.5. The van der Waals surface area contributed by atoms with Crippen LogP contribution in [0, 0.1) is 0 Å². The van der Waals surface area contributed by atoms with Crippen LogP contribution < -0.4 is 26.2 Å². The number of piperazine rings is 2. The van der Waals surface area contributed by atoms with E-state index >= 15 is 0 Å². The molecular formula is C30H42N12O4. The van der Waals surface area contributed by atoms with Crippen LogP contribution in [-0.2, 0) is 14.3 Å². The van der Waals surface area contributed by atoms with Gasteiger partial charge in [-0.1, -0.05) is 0 Å². The Hall–Kier alpha value is -5.15. The molecule has 2 fully saturated rings. The number of ether oxygens (including phenoxy) is 1. The molecule has 2 aliphatic rings. The zero-order valence-corrected chi connectivity index (χ0v) is 26.7. The smallest absolute Gasteiger partial charge is 0.317 e. The van der Waals surface area contributed by atoms with Crippen molar-refractivity contribution in [1.82, 2.24) is 39.8 Å². The van der Waals surface area contributed by atoms with Gasteiger partial charge in [-0.2, -0.15) is 9.67 Å². The molecule has 3 aromatic rings. The predicted octanol–water partition coefficient (Wildman–Crippen LogP) is 1.61. The molecule has 0 unspecified atom stereocenters. The molecule has 2 saturated heterocycles. The van der Waals surface area contributed by atoms with E-state index < -0.39 is 0 Å². The molecule has 0 bridgehead atoms. The lowest BCUT2D eigenvalue weighted by atomic mass is 10.1. The van der Waals surface area contributed by atoms with Gasteiger partial charge in [0.15, 0.2) is 5.82 Å². The minimum Gasteiger partial charge on any atom is -0.466 e. The molecule has 2 atom stereocenters. The Morgan fingerprint density at radius 3 is 2.30 bits per heavy atom. The summed E-state index contributed by atoms with van der Waals surface area (Å²) in [7, 11) is 0. The van der Waals surface area contributed by atoms with Crippen LogP contribution in [0.2, 0.25) is 0 Å². The topological polar surface area (TPSA) is 180 Å². The number of carbonyl (C=O) groups is 3. The van der Waals surface area contributed by atoms with E-state index in [1.54, 1.807) is 18.7 Å². The van der Waals surface area contributed by atoms with Gasteiger partial charge in [-0.3, -0.25) is 9.59 Å². The fourth-order valence-corrected chi connectivity index (χ4v) is 5.97. The normalized spacial score (nSPS) is 18.3. The summed E-state index contributed by atoms with van der Waals surface area (Å²) in [4.78, 5) is 57.2. The van der Waals surface area contributed by atoms with Crippen molar-refractivity contribution in [3.63, 3.8) is 0 Å². The van der Waals surface area contributed by atoms with Crippen LogP contribution >= 0.6 is 0 Å². The summed E-state index contributed by atoms with van der Waals surface area (Å²) in [6.45, 7) is 11.8. The molecule has 1 aromatic carbocycles. The third-order valence-electron chi connectivity index (χ3n) is 8.06. The van der Waals surface area contributed by atoms with E-state index in [-0.39, 0.29) is 48.9 Å². The number of urea groups is 1. The summed E-state index contributed by atoms with van der Waals surface area (Å²) in [6.07, 6.45) is 1.63. The number of rotatable bonds is 9. The van der Waals surface area contributed by atoms with Crippen molar-refractivity contribution in [1.29, 1.82) is 0 Å². The molecule has 4 heterocycles. The van der Waals surface area contributed by atoms with Crippen molar-refractivity contribution in [2.75, 3.05) is 73.3 Å². The van der Waals surface area contributed by atoms with Gasteiger partial charge in [-0.05, 0) is 45.0 Å². The number of amides is 3. The van der Waals surface area contributed by atoms with Crippen molar-refractivity contribution in [3.05, 3.63) is 36.7 Å². The number of hydrogen-bond acceptors (Lipinski definition) is 12. The summed E-state index contributed by atoms with van der Waals surface area (Å²) >= 11 is 0. The van der Waals surface area contributed by atoms with Crippen molar-refractivity contribution >= 4 is 47.0 Å². The Balaban J connectivity index is 1.15. The number of nitrogen functional groups attached to an aromatic ring is 1. The third kappa shape index (κ3) is 7.55. The van der Waals surface area contributed by atoms with Gasteiger partial charge in [-0.15, -0.1) is 5.10 Å². The maximum atomic E-state index is 12.5. The summed E-state index contributed by atoms with van der Waals surface area (Å²) in [5.74, 6) is 1.46. The van der Waals surface area contributed by atoms with Gasteiger partial charge in [0.25, 0.3) is 0 Å². The molecule has 16 heteroatoms. The number of nitrogens with one attached hydrogen (secondary N) is 2. The molecule has 0 spiro atoms. The van der Waals surface area contributed by atoms with E-state index in [0.717, 1.165) is 17.2 Å². The van der Waals surface area contributed by atoms with Crippen molar-refractivity contribution in [3.8, 4) is 5.82 Å².